The number of halogens is 2. The lowest BCUT2D eigenvalue weighted by atomic mass is 9.67. The molecule has 2 atom stereocenters. The first-order valence-corrected chi connectivity index (χ1v) is 9.88. The smallest absolute Gasteiger partial charge is 0.294 e. The van der Waals surface area contributed by atoms with Gasteiger partial charge in [0, 0.05) is 24.8 Å². The van der Waals surface area contributed by atoms with Gasteiger partial charge >= 0.3 is 0 Å². The van der Waals surface area contributed by atoms with Crippen LogP contribution in [0.5, 0.6) is 5.75 Å². The van der Waals surface area contributed by atoms with Gasteiger partial charge in [-0.2, -0.15) is 0 Å². The Labute approximate surface area is 169 Å². The van der Waals surface area contributed by atoms with E-state index in [0.717, 1.165) is 0 Å². The maximum atomic E-state index is 16.1. The summed E-state index contributed by atoms with van der Waals surface area (Å²) < 4.78 is 38.0. The van der Waals surface area contributed by atoms with Crippen LogP contribution in [0.4, 0.5) is 8.78 Å². The largest absolute Gasteiger partial charge is 0.481 e. The normalized spacial score (nSPS) is 29.0. The van der Waals surface area contributed by atoms with Gasteiger partial charge < -0.3 is 10.1 Å². The van der Waals surface area contributed by atoms with Crippen molar-refractivity contribution < 1.29 is 32.7 Å². The highest BCUT2D eigenvalue weighted by molar-refractivity contribution is 6.21. The molecule has 0 bridgehead atoms. The number of imide groups is 2. The number of rotatable bonds is 1. The average Bonchev–Trinajstić information content (AvgIpc) is 2.96. The molecule has 0 saturated carbocycles. The molecule has 3 N–H and O–H groups in total. The molecule has 4 heterocycles. The first-order valence-electron chi connectivity index (χ1n) is 9.88. The highest BCUT2D eigenvalue weighted by Crippen LogP contribution is 2.58. The van der Waals surface area contributed by atoms with Gasteiger partial charge in [-0.25, -0.2) is 8.78 Å². The minimum atomic E-state index is -3.43. The van der Waals surface area contributed by atoms with Crippen LogP contribution in [0, 0.1) is 5.92 Å². The lowest BCUT2D eigenvalue weighted by molar-refractivity contribution is -0.212. The van der Waals surface area contributed by atoms with E-state index < -0.39 is 47.0 Å². The molecule has 0 aromatic heterocycles. The Kier molecular flexibility index (Phi) is 4.02. The molecule has 10 heteroatoms. The summed E-state index contributed by atoms with van der Waals surface area (Å²) in [5, 5.41) is 7.34. The van der Waals surface area contributed by atoms with E-state index in [9.17, 15) is 19.2 Å². The number of carbonyl (C=O) groups is 4. The predicted octanol–water partition coefficient (Wildman–Crippen LogP) is 0.856. The summed E-state index contributed by atoms with van der Waals surface area (Å²) in [6, 6.07) is 2.56. The van der Waals surface area contributed by atoms with E-state index >= 15 is 8.78 Å². The number of piperidine rings is 2. The molecular weight excluding hydrogens is 400 g/mol. The Balaban J connectivity index is 1.70. The minimum absolute atomic E-state index is 0.0160. The van der Waals surface area contributed by atoms with Crippen molar-refractivity contribution >= 4 is 23.6 Å². The quantitative estimate of drug-likeness (QED) is 0.582. The van der Waals surface area contributed by atoms with Crippen LogP contribution >= 0.6 is 0 Å². The second-order valence-electron chi connectivity index (χ2n) is 8.22. The third-order valence-corrected chi connectivity index (χ3v) is 6.60. The van der Waals surface area contributed by atoms with Crippen LogP contribution in [0.2, 0.25) is 0 Å². The van der Waals surface area contributed by atoms with Crippen LogP contribution in [0.1, 0.15) is 57.9 Å². The highest BCUT2D eigenvalue weighted by atomic mass is 19.3. The first kappa shape index (κ1) is 19.1. The molecule has 2 saturated heterocycles. The Morgan fingerprint density at radius 3 is 2.30 bits per heavy atom. The van der Waals surface area contributed by atoms with E-state index in [1.807, 2.05) is 0 Å². The van der Waals surface area contributed by atoms with Gasteiger partial charge in [0.1, 0.15) is 5.75 Å². The van der Waals surface area contributed by atoms with Gasteiger partial charge in [0.05, 0.1) is 23.0 Å². The minimum Gasteiger partial charge on any atom is -0.481 e. The molecular formula is C20H19F2N3O5. The standard InChI is InChI=1S/C20H19F2N3O5/c21-20(22)15(9-1-2-14(26)24-16(9)27)12-7-10-11(18(29)25-17(10)28)8-13(12)30-19(20)3-5-23-6-4-19/h7-9,15,23H,1-6H2,(H,24,26,27)(H,25,28,29). The van der Waals surface area contributed by atoms with Crippen molar-refractivity contribution in [3.05, 3.63) is 28.8 Å². The fourth-order valence-corrected chi connectivity index (χ4v) is 5.06. The molecule has 0 radical (unpaired) electrons. The second-order valence-corrected chi connectivity index (χ2v) is 8.22. The zero-order valence-corrected chi connectivity index (χ0v) is 15.8. The number of benzene rings is 1. The summed E-state index contributed by atoms with van der Waals surface area (Å²) in [7, 11) is 0. The molecule has 4 amide bonds. The topological polar surface area (TPSA) is 114 Å². The third kappa shape index (κ3) is 2.52. The van der Waals surface area contributed by atoms with E-state index in [1.165, 1.54) is 12.1 Å². The molecule has 2 fully saturated rings. The van der Waals surface area contributed by atoms with Gasteiger partial charge in [0.15, 0.2) is 5.60 Å². The fraction of sp³-hybridized carbons (Fsp3) is 0.500. The zero-order valence-electron chi connectivity index (χ0n) is 15.8. The number of nitrogens with one attached hydrogen (secondary N) is 3. The van der Waals surface area contributed by atoms with Gasteiger partial charge in [-0.3, -0.25) is 29.8 Å². The summed E-state index contributed by atoms with van der Waals surface area (Å²) in [6.45, 7) is 0.633. The van der Waals surface area contributed by atoms with Crippen LogP contribution in [0.15, 0.2) is 12.1 Å². The molecule has 30 heavy (non-hydrogen) atoms. The van der Waals surface area contributed by atoms with Crippen molar-refractivity contribution in [1.82, 2.24) is 16.0 Å². The summed E-state index contributed by atoms with van der Waals surface area (Å²) >= 11 is 0. The summed E-state index contributed by atoms with van der Waals surface area (Å²) in [4.78, 5) is 48.4. The monoisotopic (exact) mass is 419 g/mol. The van der Waals surface area contributed by atoms with Crippen LogP contribution in [-0.4, -0.2) is 48.2 Å². The first-order chi connectivity index (χ1) is 14.2. The molecule has 1 aromatic carbocycles. The van der Waals surface area contributed by atoms with Gasteiger partial charge in [0.25, 0.3) is 17.7 Å². The number of fused-ring (bicyclic) bond motifs is 2. The van der Waals surface area contributed by atoms with E-state index in [0.29, 0.717) is 13.1 Å². The third-order valence-electron chi connectivity index (χ3n) is 6.60. The molecule has 4 aliphatic rings. The lowest BCUT2D eigenvalue weighted by Gasteiger charge is -2.51. The Bertz CT molecular complexity index is 1000. The molecule has 1 spiro atoms. The molecule has 8 nitrogen and oxygen atoms in total. The molecule has 5 rings (SSSR count). The van der Waals surface area contributed by atoms with Crippen LogP contribution in [-0.2, 0) is 9.59 Å². The van der Waals surface area contributed by atoms with Crippen molar-refractivity contribution in [2.45, 2.75) is 43.1 Å². The number of hydrogen-bond donors (Lipinski definition) is 3. The van der Waals surface area contributed by atoms with Gasteiger partial charge in [-0.05, 0) is 31.6 Å². The van der Waals surface area contributed by atoms with E-state index in [-0.39, 0.29) is 48.1 Å². The van der Waals surface area contributed by atoms with Crippen molar-refractivity contribution in [3.8, 4) is 5.75 Å². The SMILES string of the molecule is O=C1CCC(C2c3cc4c(cc3OC3(CCNCC3)C2(F)F)C(=O)NC4=O)C(=O)N1. The number of amides is 4. The Morgan fingerprint density at radius 2 is 1.63 bits per heavy atom. The number of alkyl halides is 2. The van der Waals surface area contributed by atoms with Crippen LogP contribution in [0.25, 0.3) is 0 Å². The number of carbonyl (C=O) groups excluding carboxylic acids is 4. The number of hydrogen-bond acceptors (Lipinski definition) is 6. The van der Waals surface area contributed by atoms with Gasteiger partial charge in [-0.1, -0.05) is 0 Å². The van der Waals surface area contributed by atoms with Crippen LogP contribution in [0.3, 0.4) is 0 Å². The lowest BCUT2D eigenvalue weighted by Crippen LogP contribution is -2.64. The van der Waals surface area contributed by atoms with Crippen LogP contribution < -0.4 is 20.7 Å². The summed E-state index contributed by atoms with van der Waals surface area (Å²) in [6.07, 6.45) is -0.0323. The molecule has 1 aromatic rings. The molecule has 0 aliphatic carbocycles. The number of ether oxygens (including phenoxy) is 1. The van der Waals surface area contributed by atoms with Gasteiger partial charge in [-0.15, -0.1) is 0 Å². The summed E-state index contributed by atoms with van der Waals surface area (Å²) in [5.74, 6) is -8.64. The molecule has 158 valence electrons. The van der Waals surface area contributed by atoms with Gasteiger partial charge in [0.2, 0.25) is 11.8 Å². The zero-order chi connectivity index (χ0) is 21.3. The van der Waals surface area contributed by atoms with E-state index in [2.05, 4.69) is 16.0 Å². The van der Waals surface area contributed by atoms with E-state index in [1.54, 1.807) is 0 Å². The van der Waals surface area contributed by atoms with Crippen molar-refractivity contribution in [2.75, 3.05) is 13.1 Å². The Morgan fingerprint density at radius 1 is 0.967 bits per heavy atom. The fourth-order valence-electron chi connectivity index (χ4n) is 5.06. The van der Waals surface area contributed by atoms with Crippen molar-refractivity contribution in [3.63, 3.8) is 0 Å². The Hall–Kier alpha value is -2.88. The second kappa shape index (κ2) is 6.31. The van der Waals surface area contributed by atoms with Crippen molar-refractivity contribution in [1.29, 1.82) is 0 Å². The molecule has 4 aliphatic heterocycles. The maximum absolute atomic E-state index is 16.1. The highest BCUT2D eigenvalue weighted by Gasteiger charge is 2.66. The maximum Gasteiger partial charge on any atom is 0.294 e. The van der Waals surface area contributed by atoms with E-state index in [4.69, 9.17) is 4.74 Å². The summed E-state index contributed by atoms with van der Waals surface area (Å²) in [5.41, 5.74) is -1.78. The predicted molar refractivity (Wildman–Crippen MR) is 97.3 cm³/mol. The average molecular weight is 419 g/mol. The van der Waals surface area contributed by atoms with Crippen molar-refractivity contribution in [2.24, 2.45) is 5.92 Å². The molecule has 2 unspecified atom stereocenters.